The zero-order valence-corrected chi connectivity index (χ0v) is 21.4. The van der Waals surface area contributed by atoms with Gasteiger partial charge in [-0.15, -0.1) is 0 Å². The number of nitrogens with zero attached hydrogens (tertiary/aromatic N) is 4. The summed E-state index contributed by atoms with van der Waals surface area (Å²) in [5.74, 6) is 0.985. The Hall–Kier alpha value is -3.90. The van der Waals surface area contributed by atoms with Gasteiger partial charge in [-0.05, 0) is 67.1 Å². The molecule has 1 saturated heterocycles. The van der Waals surface area contributed by atoms with E-state index in [9.17, 15) is 4.79 Å². The summed E-state index contributed by atoms with van der Waals surface area (Å²) in [5.41, 5.74) is 4.26. The molecular weight excluding hydrogens is 460 g/mol. The Bertz CT molecular complexity index is 1260. The highest BCUT2D eigenvalue weighted by atomic mass is 16.5. The van der Waals surface area contributed by atoms with Crippen LogP contribution in [-0.4, -0.2) is 58.3 Å². The summed E-state index contributed by atoms with van der Waals surface area (Å²) >= 11 is 0. The van der Waals surface area contributed by atoms with Crippen molar-refractivity contribution in [2.75, 3.05) is 26.7 Å². The molecule has 37 heavy (non-hydrogen) atoms. The third-order valence-corrected chi connectivity index (χ3v) is 6.89. The largest absolute Gasteiger partial charge is 0.490 e. The molecule has 1 aromatic heterocycles. The van der Waals surface area contributed by atoms with Gasteiger partial charge >= 0.3 is 0 Å². The summed E-state index contributed by atoms with van der Waals surface area (Å²) in [4.78, 5) is 17.3. The molecular formula is C31H34N4O2. The molecule has 190 valence electrons. The number of hydrogen-bond acceptors (Lipinski definition) is 4. The van der Waals surface area contributed by atoms with E-state index in [2.05, 4.69) is 65.6 Å². The van der Waals surface area contributed by atoms with E-state index < -0.39 is 0 Å². The number of carbonyl (C=O) groups is 1. The van der Waals surface area contributed by atoms with E-state index in [1.165, 1.54) is 11.1 Å². The molecule has 0 aliphatic carbocycles. The van der Waals surface area contributed by atoms with Crippen LogP contribution in [0.15, 0.2) is 97.3 Å². The van der Waals surface area contributed by atoms with Crippen LogP contribution in [0.25, 0.3) is 5.69 Å². The van der Waals surface area contributed by atoms with Crippen LogP contribution in [0.4, 0.5) is 0 Å². The van der Waals surface area contributed by atoms with Crippen LogP contribution in [-0.2, 0) is 13.0 Å². The number of likely N-dealkylation sites (tertiary alicyclic amines) is 1. The maximum atomic E-state index is 13.0. The molecule has 0 radical (unpaired) electrons. The Labute approximate surface area is 219 Å². The van der Waals surface area contributed by atoms with Gasteiger partial charge in [-0.3, -0.25) is 4.79 Å². The molecule has 3 aromatic carbocycles. The standard InChI is InChI=1S/C31H34N4O2/c1-33(20-15-25-7-3-2-4-8-25)24-26-9-5-10-30(23-26)37-29-16-21-34(22-17-29)31(36)27-11-13-28(14-12-27)35-19-6-18-32-35/h2-14,18-19,23,29H,15-17,20-22,24H2,1H3. The fraction of sp³-hybridized carbons (Fsp3) is 0.290. The highest BCUT2D eigenvalue weighted by Gasteiger charge is 2.25. The number of rotatable bonds is 9. The second-order valence-electron chi connectivity index (χ2n) is 9.73. The summed E-state index contributed by atoms with van der Waals surface area (Å²) in [6.07, 6.45) is 6.46. The minimum Gasteiger partial charge on any atom is -0.490 e. The van der Waals surface area contributed by atoms with E-state index in [4.69, 9.17) is 4.74 Å². The van der Waals surface area contributed by atoms with Gasteiger partial charge in [0.1, 0.15) is 11.9 Å². The lowest BCUT2D eigenvalue weighted by Crippen LogP contribution is -2.41. The first-order valence-corrected chi connectivity index (χ1v) is 13.0. The Kier molecular flexibility index (Phi) is 7.96. The highest BCUT2D eigenvalue weighted by Crippen LogP contribution is 2.22. The van der Waals surface area contributed by atoms with Crippen LogP contribution < -0.4 is 4.74 Å². The zero-order chi connectivity index (χ0) is 25.5. The van der Waals surface area contributed by atoms with Gasteiger partial charge in [-0.2, -0.15) is 5.10 Å². The van der Waals surface area contributed by atoms with Crippen LogP contribution in [0.1, 0.15) is 34.3 Å². The fourth-order valence-electron chi connectivity index (χ4n) is 4.80. The molecule has 0 unspecified atom stereocenters. The van der Waals surface area contributed by atoms with Gasteiger partial charge in [-0.1, -0.05) is 42.5 Å². The average Bonchev–Trinajstić information content (AvgIpc) is 3.48. The van der Waals surface area contributed by atoms with E-state index >= 15 is 0 Å². The smallest absolute Gasteiger partial charge is 0.253 e. The summed E-state index contributed by atoms with van der Waals surface area (Å²) in [5, 5.41) is 4.24. The molecule has 6 nitrogen and oxygen atoms in total. The lowest BCUT2D eigenvalue weighted by Gasteiger charge is -2.32. The monoisotopic (exact) mass is 494 g/mol. The van der Waals surface area contributed by atoms with Crippen LogP contribution >= 0.6 is 0 Å². The van der Waals surface area contributed by atoms with Gasteiger partial charge in [0.05, 0.1) is 5.69 Å². The van der Waals surface area contributed by atoms with Crippen molar-refractivity contribution in [2.24, 2.45) is 0 Å². The Morgan fingerprint density at radius 2 is 1.70 bits per heavy atom. The third-order valence-electron chi connectivity index (χ3n) is 6.89. The van der Waals surface area contributed by atoms with Crippen LogP contribution in [0.5, 0.6) is 5.75 Å². The molecule has 1 amide bonds. The highest BCUT2D eigenvalue weighted by molar-refractivity contribution is 5.94. The van der Waals surface area contributed by atoms with Gasteiger partial charge in [0.2, 0.25) is 0 Å². The molecule has 6 heteroatoms. The van der Waals surface area contributed by atoms with E-state index in [0.29, 0.717) is 18.7 Å². The second-order valence-corrected chi connectivity index (χ2v) is 9.73. The van der Waals surface area contributed by atoms with E-state index in [1.54, 1.807) is 10.9 Å². The molecule has 0 spiro atoms. The Morgan fingerprint density at radius 1 is 0.946 bits per heavy atom. The number of likely N-dealkylation sites (N-methyl/N-ethyl adjacent to an activating group) is 1. The lowest BCUT2D eigenvalue weighted by molar-refractivity contribution is 0.0595. The third kappa shape index (κ3) is 6.66. The molecule has 1 fully saturated rings. The van der Waals surface area contributed by atoms with Crippen molar-refractivity contribution < 1.29 is 9.53 Å². The molecule has 5 rings (SSSR count). The number of piperidine rings is 1. The summed E-state index contributed by atoms with van der Waals surface area (Å²) in [7, 11) is 2.16. The van der Waals surface area contributed by atoms with E-state index in [1.807, 2.05) is 47.5 Å². The first-order chi connectivity index (χ1) is 18.1. The normalized spacial score (nSPS) is 14.2. The number of benzene rings is 3. The number of aromatic nitrogens is 2. The van der Waals surface area contributed by atoms with Crippen molar-refractivity contribution in [1.29, 1.82) is 0 Å². The Balaban J connectivity index is 1.09. The molecule has 0 atom stereocenters. The number of amides is 1. The quantitative estimate of drug-likeness (QED) is 0.320. The van der Waals surface area contributed by atoms with Crippen molar-refractivity contribution in [3.05, 3.63) is 114 Å². The second kappa shape index (κ2) is 11.9. The molecule has 4 aromatic rings. The van der Waals surface area contributed by atoms with Crippen molar-refractivity contribution in [3.8, 4) is 11.4 Å². The van der Waals surface area contributed by atoms with Gasteiger partial charge in [0.15, 0.2) is 0 Å². The van der Waals surface area contributed by atoms with Gasteiger partial charge in [0.25, 0.3) is 5.91 Å². The molecule has 0 saturated carbocycles. The fourth-order valence-corrected chi connectivity index (χ4v) is 4.80. The lowest BCUT2D eigenvalue weighted by atomic mass is 10.1. The van der Waals surface area contributed by atoms with Crippen LogP contribution in [0.2, 0.25) is 0 Å². The van der Waals surface area contributed by atoms with Crippen molar-refractivity contribution in [1.82, 2.24) is 19.6 Å². The summed E-state index contributed by atoms with van der Waals surface area (Å²) in [6.45, 7) is 3.29. The first-order valence-electron chi connectivity index (χ1n) is 13.0. The predicted octanol–water partition coefficient (Wildman–Crippen LogP) is 5.23. The topological polar surface area (TPSA) is 50.6 Å². The minimum absolute atomic E-state index is 0.0750. The molecule has 0 bridgehead atoms. The minimum atomic E-state index is 0.0750. The summed E-state index contributed by atoms with van der Waals surface area (Å²) in [6, 6.07) is 28.5. The van der Waals surface area contributed by atoms with Crippen LogP contribution in [0.3, 0.4) is 0 Å². The maximum absolute atomic E-state index is 13.0. The van der Waals surface area contributed by atoms with E-state index in [0.717, 1.165) is 43.8 Å². The number of carbonyl (C=O) groups excluding carboxylic acids is 1. The maximum Gasteiger partial charge on any atom is 0.253 e. The molecule has 0 N–H and O–H groups in total. The summed E-state index contributed by atoms with van der Waals surface area (Å²) < 4.78 is 8.12. The van der Waals surface area contributed by atoms with Gasteiger partial charge in [0, 0.05) is 57.0 Å². The first kappa shape index (κ1) is 24.8. The van der Waals surface area contributed by atoms with E-state index in [-0.39, 0.29) is 12.0 Å². The average molecular weight is 495 g/mol. The SMILES string of the molecule is CN(CCc1ccccc1)Cc1cccc(OC2CCN(C(=O)c3ccc(-n4cccn4)cc3)CC2)c1. The van der Waals surface area contributed by atoms with Crippen molar-refractivity contribution in [3.63, 3.8) is 0 Å². The molecule has 2 heterocycles. The molecule has 1 aliphatic rings. The predicted molar refractivity (Wildman–Crippen MR) is 146 cm³/mol. The zero-order valence-electron chi connectivity index (χ0n) is 21.4. The van der Waals surface area contributed by atoms with Crippen molar-refractivity contribution >= 4 is 5.91 Å². The van der Waals surface area contributed by atoms with Gasteiger partial charge < -0.3 is 14.5 Å². The van der Waals surface area contributed by atoms with Crippen molar-refractivity contribution in [2.45, 2.75) is 31.9 Å². The number of ether oxygens (including phenoxy) is 1. The number of hydrogen-bond donors (Lipinski definition) is 0. The Morgan fingerprint density at radius 3 is 2.43 bits per heavy atom. The van der Waals surface area contributed by atoms with Gasteiger partial charge in [-0.25, -0.2) is 4.68 Å². The van der Waals surface area contributed by atoms with Crippen LogP contribution in [0, 0.1) is 0 Å². The molecule has 1 aliphatic heterocycles.